The molecule has 0 spiro atoms. The molecule has 2 rings (SSSR count). The van der Waals surface area contributed by atoms with Crippen molar-refractivity contribution in [3.63, 3.8) is 0 Å². The number of anilines is 1. The van der Waals surface area contributed by atoms with Gasteiger partial charge in [-0.3, -0.25) is 0 Å². The maximum absolute atomic E-state index is 12.2. The Bertz CT molecular complexity index is 689. The van der Waals surface area contributed by atoms with Crippen molar-refractivity contribution in [2.45, 2.75) is 30.3 Å². The second-order valence-electron chi connectivity index (χ2n) is 6.26. The number of hydrogen-bond acceptors (Lipinski definition) is 5. The van der Waals surface area contributed by atoms with Gasteiger partial charge in [0.1, 0.15) is 0 Å². The van der Waals surface area contributed by atoms with Gasteiger partial charge in [-0.25, -0.2) is 12.7 Å². The van der Waals surface area contributed by atoms with E-state index in [0.29, 0.717) is 30.6 Å². The second kappa shape index (κ2) is 10.2. The molecule has 1 aliphatic heterocycles. The Labute approximate surface area is 161 Å². The summed E-state index contributed by atoms with van der Waals surface area (Å²) in [5.74, 6) is 0. The molecule has 0 bridgehead atoms. The van der Waals surface area contributed by atoms with Crippen LogP contribution in [0.1, 0.15) is 19.3 Å². The Balaban J connectivity index is 1.69. The van der Waals surface area contributed by atoms with Crippen LogP contribution < -0.4 is 10.6 Å². The summed E-state index contributed by atoms with van der Waals surface area (Å²) in [6.07, 6.45) is 3.27. The van der Waals surface area contributed by atoms with Gasteiger partial charge < -0.3 is 20.1 Å². The lowest BCUT2D eigenvalue weighted by atomic mass is 10.2. The van der Waals surface area contributed by atoms with Crippen molar-refractivity contribution in [3.8, 4) is 0 Å². The van der Waals surface area contributed by atoms with Crippen molar-refractivity contribution < 1.29 is 17.9 Å². The van der Waals surface area contributed by atoms with Crippen molar-refractivity contribution in [1.29, 1.82) is 0 Å². The zero-order valence-corrected chi connectivity index (χ0v) is 16.9. The van der Waals surface area contributed by atoms with E-state index in [1.807, 2.05) is 0 Å². The van der Waals surface area contributed by atoms with E-state index in [0.717, 1.165) is 25.9 Å². The van der Waals surface area contributed by atoms with Gasteiger partial charge in [0, 0.05) is 39.5 Å². The summed E-state index contributed by atoms with van der Waals surface area (Å²) in [6, 6.07) is 6.57. The molecule has 26 heavy (non-hydrogen) atoms. The molecule has 1 heterocycles. The van der Waals surface area contributed by atoms with E-state index >= 15 is 0 Å². The van der Waals surface area contributed by atoms with Crippen molar-refractivity contribution in [3.05, 3.63) is 24.3 Å². The van der Waals surface area contributed by atoms with Crippen LogP contribution in [0.4, 0.5) is 5.69 Å². The molecule has 0 aliphatic carbocycles. The van der Waals surface area contributed by atoms with Crippen LogP contribution in [-0.2, 0) is 19.5 Å². The molecule has 146 valence electrons. The average molecular weight is 402 g/mol. The molecule has 7 nitrogen and oxygen atoms in total. The minimum Gasteiger partial charge on any atom is -0.379 e. The molecular formula is C17H27N3O4S2. The van der Waals surface area contributed by atoms with Crippen molar-refractivity contribution in [2.75, 3.05) is 45.8 Å². The largest absolute Gasteiger partial charge is 0.379 e. The van der Waals surface area contributed by atoms with Crippen LogP contribution in [0.2, 0.25) is 0 Å². The van der Waals surface area contributed by atoms with Crippen LogP contribution in [0.3, 0.4) is 0 Å². The molecule has 1 aromatic carbocycles. The summed E-state index contributed by atoms with van der Waals surface area (Å²) in [7, 11) is -0.462. The number of rotatable bonds is 9. The molecule has 0 aromatic heterocycles. The third-order valence-corrected chi connectivity index (χ3v) is 6.01. The molecule has 0 unspecified atom stereocenters. The Hall–Kier alpha value is -1.26. The van der Waals surface area contributed by atoms with Crippen LogP contribution in [0, 0.1) is 0 Å². The average Bonchev–Trinajstić information content (AvgIpc) is 3.11. The lowest BCUT2D eigenvalue weighted by Gasteiger charge is -2.14. The van der Waals surface area contributed by atoms with Crippen molar-refractivity contribution >= 4 is 33.0 Å². The standard InChI is InChI=1S/C17H27N3O4S2/c1-20(2)26(21,22)16-8-3-6-14(12-16)19-17(25)18-9-5-10-23-13-15-7-4-11-24-15/h3,6,8,12,15H,4-5,7,9-11,13H2,1-2H3,(H2,18,19,25)/t15-/m1/s1. The molecule has 9 heteroatoms. The zero-order valence-electron chi connectivity index (χ0n) is 15.2. The highest BCUT2D eigenvalue weighted by Gasteiger charge is 2.17. The third-order valence-electron chi connectivity index (χ3n) is 3.95. The molecule has 1 saturated heterocycles. The van der Waals surface area contributed by atoms with Crippen molar-refractivity contribution in [2.24, 2.45) is 0 Å². The van der Waals surface area contributed by atoms with E-state index in [1.54, 1.807) is 24.3 Å². The van der Waals surface area contributed by atoms with Gasteiger partial charge in [0.05, 0.1) is 17.6 Å². The van der Waals surface area contributed by atoms with E-state index in [9.17, 15) is 8.42 Å². The fraction of sp³-hybridized carbons (Fsp3) is 0.588. The number of benzene rings is 1. The minimum atomic E-state index is -3.47. The minimum absolute atomic E-state index is 0.220. The van der Waals surface area contributed by atoms with Gasteiger partial charge in [-0.05, 0) is 49.7 Å². The van der Waals surface area contributed by atoms with E-state index < -0.39 is 10.0 Å². The third kappa shape index (κ3) is 6.48. The maximum atomic E-state index is 12.2. The monoisotopic (exact) mass is 401 g/mol. The molecular weight excluding hydrogens is 374 g/mol. The van der Waals surface area contributed by atoms with E-state index in [-0.39, 0.29) is 11.0 Å². The molecule has 1 aliphatic rings. The van der Waals surface area contributed by atoms with Gasteiger partial charge in [0.2, 0.25) is 10.0 Å². The molecule has 0 saturated carbocycles. The number of hydrogen-bond donors (Lipinski definition) is 2. The summed E-state index contributed by atoms with van der Waals surface area (Å²) >= 11 is 5.25. The summed E-state index contributed by atoms with van der Waals surface area (Å²) in [5, 5.41) is 6.54. The molecule has 2 N–H and O–H groups in total. The summed E-state index contributed by atoms with van der Waals surface area (Å²) in [5.41, 5.74) is 0.625. The molecule has 0 radical (unpaired) electrons. The van der Waals surface area contributed by atoms with Gasteiger partial charge in [-0.2, -0.15) is 0 Å². The predicted octanol–water partition coefficient (Wildman–Crippen LogP) is 1.81. The fourth-order valence-electron chi connectivity index (χ4n) is 2.49. The number of nitrogens with zero attached hydrogens (tertiary/aromatic N) is 1. The first-order valence-corrected chi connectivity index (χ1v) is 10.5. The number of nitrogens with one attached hydrogen (secondary N) is 2. The summed E-state index contributed by atoms with van der Waals surface area (Å²) in [6.45, 7) is 2.81. The van der Waals surface area contributed by atoms with Crippen LogP contribution in [0.5, 0.6) is 0 Å². The quantitative estimate of drug-likeness (QED) is 0.482. The van der Waals surface area contributed by atoms with Crippen molar-refractivity contribution in [1.82, 2.24) is 9.62 Å². The smallest absolute Gasteiger partial charge is 0.242 e. The first-order valence-electron chi connectivity index (χ1n) is 8.66. The Morgan fingerprint density at radius 2 is 2.23 bits per heavy atom. The number of ether oxygens (including phenoxy) is 2. The molecule has 1 fully saturated rings. The fourth-order valence-corrected chi connectivity index (χ4v) is 3.66. The lowest BCUT2D eigenvalue weighted by molar-refractivity contribution is 0.0168. The lowest BCUT2D eigenvalue weighted by Crippen LogP contribution is -2.30. The highest BCUT2D eigenvalue weighted by atomic mass is 32.2. The second-order valence-corrected chi connectivity index (χ2v) is 8.82. The number of sulfonamides is 1. The van der Waals surface area contributed by atoms with Crippen LogP contribution in [-0.4, -0.2) is 64.4 Å². The number of thiocarbonyl (C=S) groups is 1. The van der Waals surface area contributed by atoms with E-state index in [2.05, 4.69) is 10.6 Å². The van der Waals surface area contributed by atoms with E-state index in [1.165, 1.54) is 18.4 Å². The Kier molecular flexibility index (Phi) is 8.23. The summed E-state index contributed by atoms with van der Waals surface area (Å²) < 4.78 is 36.6. The predicted molar refractivity (Wildman–Crippen MR) is 106 cm³/mol. The van der Waals surface area contributed by atoms with E-state index in [4.69, 9.17) is 21.7 Å². The SMILES string of the molecule is CN(C)S(=O)(=O)c1cccc(NC(=S)NCCCOC[C@H]2CCCO2)c1. The Morgan fingerprint density at radius 3 is 2.92 bits per heavy atom. The van der Waals surface area contributed by atoms with Crippen LogP contribution >= 0.6 is 12.2 Å². The van der Waals surface area contributed by atoms with Crippen LogP contribution in [0.15, 0.2) is 29.2 Å². The first-order chi connectivity index (χ1) is 12.4. The van der Waals surface area contributed by atoms with Gasteiger partial charge in [0.15, 0.2) is 5.11 Å². The van der Waals surface area contributed by atoms with Gasteiger partial charge >= 0.3 is 0 Å². The van der Waals surface area contributed by atoms with Gasteiger partial charge in [0.25, 0.3) is 0 Å². The van der Waals surface area contributed by atoms with Gasteiger partial charge in [-0.15, -0.1) is 0 Å². The Morgan fingerprint density at radius 1 is 1.42 bits per heavy atom. The summed E-state index contributed by atoms with van der Waals surface area (Å²) in [4.78, 5) is 0.220. The zero-order chi connectivity index (χ0) is 19.0. The normalized spacial score (nSPS) is 17.4. The molecule has 1 atom stereocenters. The maximum Gasteiger partial charge on any atom is 0.242 e. The molecule has 0 amide bonds. The first kappa shape index (κ1) is 21.0. The van der Waals surface area contributed by atoms with Gasteiger partial charge in [-0.1, -0.05) is 6.07 Å². The van der Waals surface area contributed by atoms with Crippen LogP contribution in [0.25, 0.3) is 0 Å². The topological polar surface area (TPSA) is 79.9 Å². The highest BCUT2D eigenvalue weighted by Crippen LogP contribution is 2.17. The highest BCUT2D eigenvalue weighted by molar-refractivity contribution is 7.89. The molecule has 1 aromatic rings.